The van der Waals surface area contributed by atoms with Gasteiger partial charge in [-0.2, -0.15) is 15.8 Å². The van der Waals surface area contributed by atoms with Crippen molar-refractivity contribution in [3.63, 3.8) is 0 Å². The van der Waals surface area contributed by atoms with Gasteiger partial charge < -0.3 is 4.57 Å². The fourth-order valence-corrected chi connectivity index (χ4v) is 12.1. The summed E-state index contributed by atoms with van der Waals surface area (Å²) in [5, 5.41) is 39.7. The van der Waals surface area contributed by atoms with Crippen molar-refractivity contribution >= 4 is 84.8 Å². The minimum atomic E-state index is 0.435. The van der Waals surface area contributed by atoms with Crippen LogP contribution in [0.1, 0.15) is 16.7 Å². The fraction of sp³-hybridized carbons (Fsp3) is 0. The van der Waals surface area contributed by atoms with Gasteiger partial charge in [-0.1, -0.05) is 158 Å². The van der Waals surface area contributed by atoms with E-state index in [2.05, 4.69) is 132 Å². The first-order chi connectivity index (χ1) is 31.1. The summed E-state index contributed by atoms with van der Waals surface area (Å²) in [5.74, 6) is 0. The highest BCUT2D eigenvalue weighted by molar-refractivity contribution is 7.27. The van der Waals surface area contributed by atoms with Crippen molar-refractivity contribution in [1.82, 2.24) is 4.57 Å². The topological polar surface area (TPSA) is 76.3 Å². The maximum Gasteiger partial charge on any atom is 0.102 e. The molecule has 0 radical (unpaired) electrons. The lowest BCUT2D eigenvalue weighted by atomic mass is 9.81. The maximum absolute atomic E-state index is 11.8. The summed E-state index contributed by atoms with van der Waals surface area (Å²) in [6.07, 6.45) is 0. The van der Waals surface area contributed by atoms with Crippen LogP contribution in [0.3, 0.4) is 0 Å². The van der Waals surface area contributed by atoms with E-state index in [4.69, 9.17) is 0 Å². The van der Waals surface area contributed by atoms with Gasteiger partial charge in [0.2, 0.25) is 0 Å². The Labute approximate surface area is 370 Å². The lowest BCUT2D eigenvalue weighted by Gasteiger charge is -2.24. The van der Waals surface area contributed by atoms with Crippen molar-refractivity contribution in [3.05, 3.63) is 199 Å². The Morgan fingerprint density at radius 2 is 0.762 bits per heavy atom. The predicted molar refractivity (Wildman–Crippen MR) is 262 cm³/mol. The number of nitrogens with zero attached hydrogens (tertiary/aromatic N) is 4. The van der Waals surface area contributed by atoms with Crippen LogP contribution in [0.2, 0.25) is 0 Å². The van der Waals surface area contributed by atoms with E-state index in [1.54, 1.807) is 22.7 Å². The molecule has 0 N–H and O–H groups in total. The van der Waals surface area contributed by atoms with Crippen LogP contribution in [0.5, 0.6) is 0 Å². The average molecular weight is 835 g/mol. The Morgan fingerprint density at radius 3 is 1.27 bits per heavy atom. The first-order valence-electron chi connectivity index (χ1n) is 20.6. The second kappa shape index (κ2) is 14.4. The second-order valence-corrected chi connectivity index (χ2v) is 17.8. The van der Waals surface area contributed by atoms with Crippen molar-refractivity contribution in [1.29, 1.82) is 15.8 Å². The highest BCUT2D eigenvalue weighted by Gasteiger charge is 2.31. The van der Waals surface area contributed by atoms with Gasteiger partial charge >= 0.3 is 0 Å². The number of fused-ring (bicyclic) bond motifs is 11. The van der Waals surface area contributed by atoms with Crippen LogP contribution in [-0.2, 0) is 0 Å². The molecule has 9 aromatic carbocycles. The number of hydrogen-bond donors (Lipinski definition) is 0. The number of nitriles is 3. The molecule has 4 nitrogen and oxygen atoms in total. The smallest absolute Gasteiger partial charge is 0.102 e. The Hall–Kier alpha value is -8.31. The van der Waals surface area contributed by atoms with Gasteiger partial charge in [0.25, 0.3) is 0 Å². The van der Waals surface area contributed by atoms with Crippen molar-refractivity contribution in [2.75, 3.05) is 0 Å². The van der Waals surface area contributed by atoms with Gasteiger partial charge in [-0.15, -0.1) is 22.7 Å². The number of aromatic nitrogens is 1. The zero-order valence-electron chi connectivity index (χ0n) is 33.4. The lowest BCUT2D eigenvalue weighted by molar-refractivity contribution is 1.18. The van der Waals surface area contributed by atoms with Gasteiger partial charge in [-0.25, -0.2) is 0 Å². The molecule has 0 aliphatic rings. The summed E-state index contributed by atoms with van der Waals surface area (Å²) >= 11 is 3.56. The molecule has 0 fully saturated rings. The zero-order valence-corrected chi connectivity index (χ0v) is 35.1. The molecule has 0 saturated heterocycles. The van der Waals surface area contributed by atoms with Gasteiger partial charge in [0.1, 0.15) is 12.1 Å². The number of hydrogen-bond acceptors (Lipinski definition) is 5. The van der Waals surface area contributed by atoms with Gasteiger partial charge in [-0.3, -0.25) is 0 Å². The van der Waals surface area contributed by atoms with Crippen LogP contribution in [0.15, 0.2) is 182 Å². The fourth-order valence-electron chi connectivity index (χ4n) is 9.58. The number of benzene rings is 9. The summed E-state index contributed by atoms with van der Waals surface area (Å²) in [7, 11) is 0. The molecule has 6 heteroatoms. The summed E-state index contributed by atoms with van der Waals surface area (Å²) in [4.78, 5) is 0. The SMILES string of the molecule is N#Cc1ccc(-c2ccc(-c3c(C#N)c(-c4ccccc4)c(C#N)c(-n4c5c(ccc6c7ccccc7sc65)c5ccc6c7ccccc7sc6c54)c3-c3ccccc3)cc2)cc1. The van der Waals surface area contributed by atoms with Crippen molar-refractivity contribution in [3.8, 4) is 68.4 Å². The molecule has 0 spiro atoms. The number of thiophene rings is 2. The van der Waals surface area contributed by atoms with Gasteiger partial charge in [0.15, 0.2) is 0 Å². The van der Waals surface area contributed by atoms with Crippen LogP contribution < -0.4 is 0 Å². The molecule has 0 unspecified atom stereocenters. The van der Waals surface area contributed by atoms with Crippen LogP contribution in [-0.4, -0.2) is 4.57 Å². The Morgan fingerprint density at radius 1 is 0.333 bits per heavy atom. The molecule has 12 rings (SSSR count). The first-order valence-corrected chi connectivity index (χ1v) is 22.2. The molecule has 63 heavy (non-hydrogen) atoms. The number of rotatable bonds is 5. The highest BCUT2D eigenvalue weighted by Crippen LogP contribution is 2.52. The standard InChI is InChI=1S/C57H30N4S2/c58-31-34-19-21-35(22-20-34)36-23-25-39(26-24-36)51-46(32-59)50(37-11-3-1-4-12-37)47(33-60)53(52(51)38-13-5-2-6-14-38)61-54-42(27-29-44-40-15-7-9-17-48(40)62-56(44)54)43-28-30-45-41-16-8-10-18-49(41)63-57(45)55(43)61/h1-30H. The molecule has 3 aromatic heterocycles. The van der Waals surface area contributed by atoms with E-state index < -0.39 is 0 Å². The normalized spacial score (nSPS) is 11.4. The first kappa shape index (κ1) is 36.5. The molecular formula is C57H30N4S2. The third-order valence-corrected chi connectivity index (χ3v) is 14.7. The van der Waals surface area contributed by atoms with E-state index in [-0.39, 0.29) is 0 Å². The van der Waals surface area contributed by atoms with Crippen LogP contribution in [0, 0.1) is 34.0 Å². The van der Waals surface area contributed by atoms with E-state index in [1.165, 1.54) is 20.2 Å². The Balaban J connectivity index is 1.32. The van der Waals surface area contributed by atoms with Crippen molar-refractivity contribution in [2.24, 2.45) is 0 Å². The molecule has 0 amide bonds. The van der Waals surface area contributed by atoms with Crippen LogP contribution in [0.4, 0.5) is 0 Å². The van der Waals surface area contributed by atoms with Crippen LogP contribution in [0.25, 0.3) is 112 Å². The van der Waals surface area contributed by atoms with Crippen molar-refractivity contribution in [2.45, 2.75) is 0 Å². The van der Waals surface area contributed by atoms with E-state index >= 15 is 0 Å². The molecule has 0 aliphatic heterocycles. The van der Waals surface area contributed by atoms with Crippen LogP contribution >= 0.6 is 22.7 Å². The second-order valence-electron chi connectivity index (χ2n) is 15.7. The van der Waals surface area contributed by atoms with Gasteiger partial charge in [0.05, 0.1) is 48.9 Å². The minimum absolute atomic E-state index is 0.435. The molecular weight excluding hydrogens is 805 g/mol. The largest absolute Gasteiger partial charge is 0.304 e. The summed E-state index contributed by atoms with van der Waals surface area (Å²) < 4.78 is 7.06. The van der Waals surface area contributed by atoms with Gasteiger partial charge in [-0.05, 0) is 52.1 Å². The van der Waals surface area contributed by atoms with Gasteiger partial charge in [0, 0.05) is 58.4 Å². The van der Waals surface area contributed by atoms with E-state index in [0.29, 0.717) is 22.3 Å². The Bertz CT molecular complexity index is 3840. The molecule has 12 aromatic rings. The minimum Gasteiger partial charge on any atom is -0.304 e. The monoisotopic (exact) mass is 834 g/mol. The molecule has 0 saturated carbocycles. The molecule has 3 heterocycles. The van der Waals surface area contributed by atoms with E-state index in [0.717, 1.165) is 86.6 Å². The predicted octanol–water partition coefficient (Wildman–Crippen LogP) is 15.8. The molecule has 0 aliphatic carbocycles. The van der Waals surface area contributed by atoms with E-state index in [1.807, 2.05) is 72.8 Å². The summed E-state index contributed by atoms with van der Waals surface area (Å²) in [6, 6.07) is 69.9. The summed E-state index contributed by atoms with van der Waals surface area (Å²) in [6.45, 7) is 0. The quantitative estimate of drug-likeness (QED) is 0.173. The average Bonchev–Trinajstić information content (AvgIpc) is 4.03. The zero-order chi connectivity index (χ0) is 42.2. The molecule has 290 valence electrons. The molecule has 0 atom stereocenters. The summed E-state index contributed by atoms with van der Waals surface area (Å²) in [5.41, 5.74) is 11.0. The third kappa shape index (κ3) is 5.49. The lowest BCUT2D eigenvalue weighted by Crippen LogP contribution is -2.08. The van der Waals surface area contributed by atoms with Crippen molar-refractivity contribution < 1.29 is 0 Å². The van der Waals surface area contributed by atoms with E-state index in [9.17, 15) is 15.8 Å². The maximum atomic E-state index is 11.8. The third-order valence-electron chi connectivity index (χ3n) is 12.3. The molecule has 0 bridgehead atoms. The Kier molecular flexibility index (Phi) is 8.36. The highest BCUT2D eigenvalue weighted by atomic mass is 32.1.